The molecule has 0 aliphatic rings. The summed E-state index contributed by atoms with van der Waals surface area (Å²) in [4.78, 5) is 6.95. The molecule has 8 heteroatoms. The molecular weight excluding hydrogens is 503 g/mol. The molecule has 166 valence electrons. The number of guanidine groups is 1. The summed E-state index contributed by atoms with van der Waals surface area (Å²) in [6.07, 6.45) is 0. The first-order valence-corrected chi connectivity index (χ1v) is 10.2. The van der Waals surface area contributed by atoms with Crippen molar-refractivity contribution < 1.29 is 4.74 Å². The van der Waals surface area contributed by atoms with E-state index in [-0.39, 0.29) is 24.0 Å². The predicted molar refractivity (Wildman–Crippen MR) is 135 cm³/mol. The summed E-state index contributed by atoms with van der Waals surface area (Å²) < 4.78 is 7.52. The number of ether oxygens (including phenoxy) is 1. The summed E-state index contributed by atoms with van der Waals surface area (Å²) in [6, 6.07) is 18.4. The van der Waals surface area contributed by atoms with E-state index in [0.29, 0.717) is 19.7 Å². The molecule has 0 atom stereocenters. The van der Waals surface area contributed by atoms with Gasteiger partial charge in [-0.15, -0.1) is 34.2 Å². The van der Waals surface area contributed by atoms with Crippen molar-refractivity contribution in [1.82, 2.24) is 25.0 Å². The third-order valence-corrected chi connectivity index (χ3v) is 4.86. The van der Waals surface area contributed by atoms with Crippen molar-refractivity contribution >= 4 is 29.9 Å². The molecule has 0 saturated heterocycles. The van der Waals surface area contributed by atoms with E-state index in [2.05, 4.69) is 44.7 Å². The largest absolute Gasteiger partial charge is 0.494 e. The van der Waals surface area contributed by atoms with Crippen molar-refractivity contribution in [3.8, 4) is 5.75 Å². The molecule has 3 aromatic rings. The molecule has 1 aromatic heterocycles. The molecule has 0 amide bonds. The van der Waals surface area contributed by atoms with Crippen LogP contribution in [0.4, 0.5) is 0 Å². The standard InChI is InChI=1S/C23H30N6O.HI/c1-5-30-21-13-11-20(12-14-21)17-28(3)23(24-15-19-9-7-6-8-10-19)25-16-22-27-26-18(2)29(22)4;/h6-14H,5,15-17H2,1-4H3,(H,24,25);1H. The summed E-state index contributed by atoms with van der Waals surface area (Å²) in [6.45, 7) is 6.49. The number of nitrogens with zero attached hydrogens (tertiary/aromatic N) is 5. The van der Waals surface area contributed by atoms with Crippen LogP contribution in [0.3, 0.4) is 0 Å². The van der Waals surface area contributed by atoms with Gasteiger partial charge in [0, 0.05) is 20.6 Å². The van der Waals surface area contributed by atoms with Gasteiger partial charge < -0.3 is 19.5 Å². The smallest absolute Gasteiger partial charge is 0.194 e. The highest BCUT2D eigenvalue weighted by molar-refractivity contribution is 14.0. The Hall–Kier alpha value is -2.62. The first-order chi connectivity index (χ1) is 14.6. The van der Waals surface area contributed by atoms with Crippen LogP contribution < -0.4 is 10.1 Å². The van der Waals surface area contributed by atoms with Crippen LogP contribution in [0.1, 0.15) is 29.7 Å². The Morgan fingerprint density at radius 1 is 1.06 bits per heavy atom. The van der Waals surface area contributed by atoms with Crippen LogP contribution >= 0.6 is 24.0 Å². The second-order valence-corrected chi connectivity index (χ2v) is 7.13. The van der Waals surface area contributed by atoms with E-state index < -0.39 is 0 Å². The van der Waals surface area contributed by atoms with Crippen molar-refractivity contribution in [2.45, 2.75) is 33.5 Å². The number of hydrogen-bond acceptors (Lipinski definition) is 4. The number of halogens is 1. The molecule has 0 fully saturated rings. The first kappa shape index (κ1) is 24.6. The molecule has 0 spiro atoms. The van der Waals surface area contributed by atoms with Crippen LogP contribution in [0.15, 0.2) is 59.6 Å². The molecule has 31 heavy (non-hydrogen) atoms. The Morgan fingerprint density at radius 3 is 2.39 bits per heavy atom. The number of benzene rings is 2. The maximum absolute atomic E-state index is 5.54. The van der Waals surface area contributed by atoms with Crippen LogP contribution in [0, 0.1) is 6.92 Å². The Bertz CT molecular complexity index is 956. The Labute approximate surface area is 201 Å². The van der Waals surface area contributed by atoms with Gasteiger partial charge >= 0.3 is 0 Å². The molecule has 1 heterocycles. The zero-order valence-electron chi connectivity index (χ0n) is 18.6. The van der Waals surface area contributed by atoms with Gasteiger partial charge in [-0.1, -0.05) is 42.5 Å². The molecule has 0 unspecified atom stereocenters. The van der Waals surface area contributed by atoms with E-state index in [9.17, 15) is 0 Å². The minimum absolute atomic E-state index is 0. The van der Waals surface area contributed by atoms with Gasteiger partial charge in [0.15, 0.2) is 11.8 Å². The van der Waals surface area contributed by atoms with Crippen LogP contribution in [-0.4, -0.2) is 39.3 Å². The minimum Gasteiger partial charge on any atom is -0.494 e. The highest BCUT2D eigenvalue weighted by Crippen LogP contribution is 2.13. The number of aryl methyl sites for hydroxylation is 1. The van der Waals surface area contributed by atoms with Gasteiger partial charge in [0.25, 0.3) is 0 Å². The Kier molecular flexibility index (Phi) is 9.77. The highest BCUT2D eigenvalue weighted by atomic mass is 127. The van der Waals surface area contributed by atoms with Crippen molar-refractivity contribution in [2.24, 2.45) is 12.0 Å². The SMILES string of the molecule is CCOc1ccc(CN(C)C(=NCc2ccccc2)NCc2nnc(C)n2C)cc1.I. The Morgan fingerprint density at radius 2 is 1.77 bits per heavy atom. The number of aliphatic imine (C=N–C) groups is 1. The number of hydrogen-bond donors (Lipinski definition) is 1. The van der Waals surface area contributed by atoms with Gasteiger partial charge in [-0.3, -0.25) is 0 Å². The molecule has 0 saturated carbocycles. The van der Waals surface area contributed by atoms with Gasteiger partial charge in [0.05, 0.1) is 19.7 Å². The summed E-state index contributed by atoms with van der Waals surface area (Å²) >= 11 is 0. The van der Waals surface area contributed by atoms with E-state index in [1.165, 1.54) is 11.1 Å². The molecule has 0 bridgehead atoms. The monoisotopic (exact) mass is 534 g/mol. The first-order valence-electron chi connectivity index (χ1n) is 10.2. The van der Waals surface area contributed by atoms with Gasteiger partial charge in [-0.25, -0.2) is 4.99 Å². The van der Waals surface area contributed by atoms with Crippen LogP contribution in [-0.2, 0) is 26.7 Å². The average Bonchev–Trinajstić information content (AvgIpc) is 3.08. The third-order valence-electron chi connectivity index (χ3n) is 4.86. The molecule has 0 radical (unpaired) electrons. The normalized spacial score (nSPS) is 11.0. The fourth-order valence-corrected chi connectivity index (χ4v) is 3.03. The third kappa shape index (κ3) is 7.23. The van der Waals surface area contributed by atoms with E-state index in [0.717, 1.165) is 29.9 Å². The molecule has 2 aromatic carbocycles. The van der Waals surface area contributed by atoms with Crippen molar-refractivity contribution in [3.05, 3.63) is 77.4 Å². The van der Waals surface area contributed by atoms with E-state index in [1.807, 2.05) is 62.8 Å². The molecule has 0 aliphatic heterocycles. The predicted octanol–water partition coefficient (Wildman–Crippen LogP) is 3.92. The van der Waals surface area contributed by atoms with E-state index >= 15 is 0 Å². The van der Waals surface area contributed by atoms with Gasteiger partial charge in [-0.2, -0.15) is 0 Å². The molecular formula is C23H31IN6O. The Balaban J connectivity index is 0.00000341. The highest BCUT2D eigenvalue weighted by Gasteiger charge is 2.11. The molecule has 7 nitrogen and oxygen atoms in total. The fraction of sp³-hybridized carbons (Fsp3) is 0.348. The zero-order chi connectivity index (χ0) is 21.3. The maximum Gasteiger partial charge on any atom is 0.194 e. The number of nitrogens with one attached hydrogen (secondary N) is 1. The number of aromatic nitrogens is 3. The van der Waals surface area contributed by atoms with Crippen LogP contribution in [0.2, 0.25) is 0 Å². The second kappa shape index (κ2) is 12.3. The molecule has 1 N–H and O–H groups in total. The number of rotatable bonds is 8. The molecule has 3 rings (SSSR count). The average molecular weight is 534 g/mol. The lowest BCUT2D eigenvalue weighted by Gasteiger charge is -2.23. The summed E-state index contributed by atoms with van der Waals surface area (Å²) in [5, 5.41) is 11.8. The second-order valence-electron chi connectivity index (χ2n) is 7.13. The minimum atomic E-state index is 0. The van der Waals surface area contributed by atoms with Crippen LogP contribution in [0.25, 0.3) is 0 Å². The van der Waals surface area contributed by atoms with Gasteiger partial charge in [-0.05, 0) is 37.1 Å². The lowest BCUT2D eigenvalue weighted by Crippen LogP contribution is -2.38. The fourth-order valence-electron chi connectivity index (χ4n) is 3.03. The van der Waals surface area contributed by atoms with Crippen molar-refractivity contribution in [3.63, 3.8) is 0 Å². The van der Waals surface area contributed by atoms with Gasteiger partial charge in [0.2, 0.25) is 0 Å². The van der Waals surface area contributed by atoms with E-state index in [4.69, 9.17) is 9.73 Å². The quantitative estimate of drug-likeness (QED) is 0.270. The summed E-state index contributed by atoms with van der Waals surface area (Å²) in [7, 11) is 4.01. The van der Waals surface area contributed by atoms with Crippen molar-refractivity contribution in [2.75, 3.05) is 13.7 Å². The van der Waals surface area contributed by atoms with Crippen LogP contribution in [0.5, 0.6) is 5.75 Å². The lowest BCUT2D eigenvalue weighted by atomic mass is 10.2. The van der Waals surface area contributed by atoms with Crippen molar-refractivity contribution in [1.29, 1.82) is 0 Å². The lowest BCUT2D eigenvalue weighted by molar-refractivity contribution is 0.340. The van der Waals surface area contributed by atoms with E-state index in [1.54, 1.807) is 0 Å². The summed E-state index contributed by atoms with van der Waals surface area (Å²) in [5.74, 6) is 3.46. The summed E-state index contributed by atoms with van der Waals surface area (Å²) in [5.41, 5.74) is 2.35. The topological polar surface area (TPSA) is 67.6 Å². The zero-order valence-corrected chi connectivity index (χ0v) is 20.9. The molecule has 0 aliphatic carbocycles. The maximum atomic E-state index is 5.54. The van der Waals surface area contributed by atoms with Gasteiger partial charge in [0.1, 0.15) is 11.6 Å².